The number of ether oxygens (including phenoxy) is 2. The van der Waals surface area contributed by atoms with Gasteiger partial charge in [0.1, 0.15) is 12.1 Å². The molecule has 5 N–H and O–H groups in total. The average molecular weight is 697 g/mol. The number of carbonyl (C=O) groups excluding carboxylic acids is 4. The highest BCUT2D eigenvalue weighted by atomic mass is 32.1. The van der Waals surface area contributed by atoms with Crippen LogP contribution in [-0.4, -0.2) is 84.1 Å². The molecule has 0 spiro atoms. The zero-order chi connectivity index (χ0) is 35.9. The summed E-state index contributed by atoms with van der Waals surface area (Å²) in [5.74, 6) is -1.49. The van der Waals surface area contributed by atoms with Crippen LogP contribution < -0.4 is 21.4 Å². The molecule has 0 saturated heterocycles. The van der Waals surface area contributed by atoms with E-state index in [1.165, 1.54) is 25.6 Å². The minimum absolute atomic E-state index is 0.0957. The van der Waals surface area contributed by atoms with Crippen LogP contribution >= 0.6 is 11.3 Å². The first-order valence-electron chi connectivity index (χ1n) is 16.2. The smallest absolute Gasteiger partial charge is 0.407 e. The number of aromatic nitrogens is 1. The molecule has 1 heterocycles. The lowest BCUT2D eigenvalue weighted by molar-refractivity contribution is -0.131. The third kappa shape index (κ3) is 12.1. The van der Waals surface area contributed by atoms with Gasteiger partial charge in [-0.25, -0.2) is 14.6 Å². The number of thiazole rings is 1. The summed E-state index contributed by atoms with van der Waals surface area (Å²) in [6, 6.07) is 14.5. The van der Waals surface area contributed by atoms with Crippen LogP contribution in [0.4, 0.5) is 9.59 Å². The second-order valence-corrected chi connectivity index (χ2v) is 13.0. The molecule has 0 radical (unpaired) electrons. The minimum Gasteiger partial charge on any atom is -0.453 e. The highest BCUT2D eigenvalue weighted by Gasteiger charge is 2.32. The summed E-state index contributed by atoms with van der Waals surface area (Å²) >= 11 is 1.52. The molecule has 14 heteroatoms. The Labute approximate surface area is 291 Å². The summed E-state index contributed by atoms with van der Waals surface area (Å²) in [6.45, 7) is 7.43. The van der Waals surface area contributed by atoms with E-state index in [2.05, 4.69) is 26.4 Å². The van der Waals surface area contributed by atoms with Crippen LogP contribution in [0.25, 0.3) is 10.4 Å². The molecular weight excluding hydrogens is 648 g/mol. The van der Waals surface area contributed by atoms with Gasteiger partial charge in [-0.3, -0.25) is 20.0 Å². The molecule has 1 aromatic heterocycles. The predicted molar refractivity (Wildman–Crippen MR) is 187 cm³/mol. The molecule has 0 bridgehead atoms. The number of hydrogen-bond donors (Lipinski definition) is 5. The summed E-state index contributed by atoms with van der Waals surface area (Å²) in [7, 11) is 2.44. The topological polar surface area (TPSA) is 171 Å². The summed E-state index contributed by atoms with van der Waals surface area (Å²) in [6.07, 6.45) is -0.0220. The third-order valence-corrected chi connectivity index (χ3v) is 8.99. The van der Waals surface area contributed by atoms with E-state index >= 15 is 0 Å². The van der Waals surface area contributed by atoms with Gasteiger partial charge in [0.05, 0.1) is 36.8 Å². The predicted octanol–water partition coefficient (Wildman–Crippen LogP) is 3.88. The Kier molecular flexibility index (Phi) is 15.5. The van der Waals surface area contributed by atoms with E-state index in [0.717, 1.165) is 21.6 Å². The number of methoxy groups -OCH3 is 2. The number of rotatable bonds is 17. The van der Waals surface area contributed by atoms with Crippen molar-refractivity contribution in [1.29, 1.82) is 0 Å². The van der Waals surface area contributed by atoms with Crippen molar-refractivity contribution < 1.29 is 33.8 Å². The second kappa shape index (κ2) is 19.5. The molecule has 5 atom stereocenters. The van der Waals surface area contributed by atoms with Crippen LogP contribution in [0.3, 0.4) is 0 Å². The fourth-order valence-electron chi connectivity index (χ4n) is 5.11. The van der Waals surface area contributed by atoms with E-state index in [-0.39, 0.29) is 31.3 Å². The summed E-state index contributed by atoms with van der Waals surface area (Å²) < 4.78 is 9.48. The van der Waals surface area contributed by atoms with Gasteiger partial charge in [0.15, 0.2) is 0 Å². The lowest BCUT2D eigenvalue weighted by atomic mass is 9.96. The lowest BCUT2D eigenvalue weighted by Crippen LogP contribution is -2.59. The molecule has 266 valence electrons. The van der Waals surface area contributed by atoms with Gasteiger partial charge in [-0.1, -0.05) is 88.7 Å². The van der Waals surface area contributed by atoms with Crippen molar-refractivity contribution in [2.24, 2.45) is 11.8 Å². The van der Waals surface area contributed by atoms with E-state index in [0.29, 0.717) is 6.42 Å². The molecule has 4 amide bonds. The standard InChI is InChI=1S/C35H48N6O7S/c1-7-23(4)31(39-35(46)48-6)32(43)37-27(17-24-11-9-8-10-12-24)28(42)20-41(40-33(44)30(22(2)3)38-34(45)47-5)19-25-13-15-26(16-14-25)29-18-36-21-49-29/h8-16,18,21-23,27-28,30-31,42H,7,17,19-20H2,1-6H3,(H,37,43)(H,38,45)(H,39,46)(H,40,44)/t23-,27-,28-,30-,31-/m0/s1. The highest BCUT2D eigenvalue weighted by molar-refractivity contribution is 7.13. The Morgan fingerprint density at radius 3 is 2.04 bits per heavy atom. The van der Waals surface area contributed by atoms with Gasteiger partial charge in [0.25, 0.3) is 5.91 Å². The van der Waals surface area contributed by atoms with Gasteiger partial charge in [0.2, 0.25) is 5.91 Å². The van der Waals surface area contributed by atoms with Crippen LogP contribution in [0.5, 0.6) is 0 Å². The molecular formula is C35H48N6O7S. The maximum atomic E-state index is 13.6. The van der Waals surface area contributed by atoms with Crippen LogP contribution in [-0.2, 0) is 32.0 Å². The second-order valence-electron chi connectivity index (χ2n) is 12.1. The van der Waals surface area contributed by atoms with Crippen molar-refractivity contribution in [3.63, 3.8) is 0 Å². The summed E-state index contributed by atoms with van der Waals surface area (Å²) in [5, 5.41) is 21.5. The minimum atomic E-state index is -1.19. The van der Waals surface area contributed by atoms with Gasteiger partial charge >= 0.3 is 12.2 Å². The lowest BCUT2D eigenvalue weighted by Gasteiger charge is -2.33. The molecule has 0 aliphatic carbocycles. The third-order valence-electron chi connectivity index (χ3n) is 8.17. The van der Waals surface area contributed by atoms with E-state index in [1.807, 2.05) is 68.4 Å². The Balaban J connectivity index is 1.91. The first-order valence-corrected chi connectivity index (χ1v) is 17.1. The number of alkyl carbamates (subject to hydrolysis) is 2. The SMILES string of the molecule is CC[C@H](C)[C@H](NC(=O)OC)C(=O)N[C@@H](Cc1ccccc1)[C@@H](O)CN(Cc1ccc(-c2cncs2)cc1)NC(=O)[C@@H](NC(=O)OC)C(C)C. The Bertz CT molecular complexity index is 1470. The van der Waals surface area contributed by atoms with E-state index in [4.69, 9.17) is 9.47 Å². The number of nitrogens with zero attached hydrogens (tertiary/aromatic N) is 2. The van der Waals surface area contributed by atoms with Crippen molar-refractivity contribution in [2.75, 3.05) is 20.8 Å². The Morgan fingerprint density at radius 2 is 1.49 bits per heavy atom. The number of nitrogens with one attached hydrogen (secondary N) is 4. The van der Waals surface area contributed by atoms with Crippen LogP contribution in [0.1, 0.15) is 45.2 Å². The molecule has 2 aromatic carbocycles. The largest absolute Gasteiger partial charge is 0.453 e. The molecule has 13 nitrogen and oxygen atoms in total. The van der Waals surface area contributed by atoms with Crippen molar-refractivity contribution in [3.05, 3.63) is 77.4 Å². The fourth-order valence-corrected chi connectivity index (χ4v) is 5.74. The fraction of sp³-hybridized carbons (Fsp3) is 0.457. The number of aliphatic hydroxyl groups excluding tert-OH is 1. The molecule has 0 aliphatic rings. The number of carbonyl (C=O) groups is 4. The van der Waals surface area contributed by atoms with Crippen LogP contribution in [0.2, 0.25) is 0 Å². The number of amides is 4. The van der Waals surface area contributed by atoms with Crippen molar-refractivity contribution in [1.82, 2.24) is 31.4 Å². The zero-order valence-electron chi connectivity index (χ0n) is 28.8. The molecule has 0 aliphatic heterocycles. The summed E-state index contributed by atoms with van der Waals surface area (Å²) in [4.78, 5) is 56.5. The van der Waals surface area contributed by atoms with Gasteiger partial charge in [-0.15, -0.1) is 11.3 Å². The maximum absolute atomic E-state index is 13.6. The monoisotopic (exact) mass is 696 g/mol. The average Bonchev–Trinajstić information content (AvgIpc) is 3.64. The highest BCUT2D eigenvalue weighted by Crippen LogP contribution is 2.24. The molecule has 0 saturated carbocycles. The van der Waals surface area contributed by atoms with Crippen molar-refractivity contribution in [2.45, 2.75) is 71.3 Å². The van der Waals surface area contributed by atoms with Crippen LogP contribution in [0, 0.1) is 11.8 Å². The normalized spacial score (nSPS) is 14.2. The van der Waals surface area contributed by atoms with Gasteiger partial charge in [0, 0.05) is 19.3 Å². The zero-order valence-corrected chi connectivity index (χ0v) is 29.7. The number of hydrogen-bond acceptors (Lipinski definition) is 10. The van der Waals surface area contributed by atoms with E-state index in [9.17, 15) is 24.3 Å². The molecule has 49 heavy (non-hydrogen) atoms. The van der Waals surface area contributed by atoms with Crippen LogP contribution in [0.15, 0.2) is 66.3 Å². The molecule has 3 aromatic rings. The first kappa shape index (κ1) is 38.9. The van der Waals surface area contributed by atoms with Gasteiger partial charge in [-0.2, -0.15) is 0 Å². The molecule has 0 unspecified atom stereocenters. The molecule has 3 rings (SSSR count). The number of benzene rings is 2. The van der Waals surface area contributed by atoms with E-state index in [1.54, 1.807) is 30.6 Å². The molecule has 0 fully saturated rings. The first-order chi connectivity index (χ1) is 23.4. The number of aliphatic hydroxyl groups is 1. The summed E-state index contributed by atoms with van der Waals surface area (Å²) in [5.41, 5.74) is 7.33. The number of hydrazine groups is 1. The Morgan fingerprint density at radius 1 is 0.857 bits per heavy atom. The van der Waals surface area contributed by atoms with Gasteiger partial charge in [-0.05, 0) is 34.9 Å². The maximum Gasteiger partial charge on any atom is 0.407 e. The van der Waals surface area contributed by atoms with Gasteiger partial charge < -0.3 is 30.5 Å². The van der Waals surface area contributed by atoms with Crippen molar-refractivity contribution in [3.8, 4) is 10.4 Å². The van der Waals surface area contributed by atoms with Crippen molar-refractivity contribution >= 4 is 35.3 Å². The Hall–Kier alpha value is -4.53. The van der Waals surface area contributed by atoms with E-state index < -0.39 is 48.2 Å². The quantitative estimate of drug-likeness (QED) is 0.131.